The summed E-state index contributed by atoms with van der Waals surface area (Å²) in [5.74, 6) is -0.294. The highest BCUT2D eigenvalue weighted by atomic mass is 16.3. The van der Waals surface area contributed by atoms with E-state index in [-0.39, 0.29) is 18.4 Å². The molecule has 0 saturated carbocycles. The van der Waals surface area contributed by atoms with E-state index in [0.29, 0.717) is 12.8 Å². The number of carbonyl (C=O) groups is 2. The number of aliphatic hydroxyl groups is 1. The number of anilines is 1. The van der Waals surface area contributed by atoms with Crippen molar-refractivity contribution in [3.63, 3.8) is 0 Å². The van der Waals surface area contributed by atoms with Gasteiger partial charge in [0.15, 0.2) is 0 Å². The van der Waals surface area contributed by atoms with Crippen molar-refractivity contribution in [1.29, 1.82) is 0 Å². The molecule has 0 aromatic heterocycles. The van der Waals surface area contributed by atoms with Crippen molar-refractivity contribution in [2.75, 3.05) is 11.9 Å². The molecule has 104 valence electrons. The Hall–Kier alpha value is -2.21. The molecule has 2 amide bonds. The van der Waals surface area contributed by atoms with Gasteiger partial charge in [0.05, 0.1) is 17.7 Å². The van der Waals surface area contributed by atoms with Gasteiger partial charge in [0.1, 0.15) is 0 Å². The van der Waals surface area contributed by atoms with Gasteiger partial charge in [-0.3, -0.25) is 9.59 Å². The number of rotatable bonds is 2. The number of nitrogens with zero attached hydrogens (tertiary/aromatic N) is 1. The average Bonchev–Trinajstić information content (AvgIpc) is 2.72. The van der Waals surface area contributed by atoms with E-state index in [4.69, 9.17) is 0 Å². The summed E-state index contributed by atoms with van der Waals surface area (Å²) < 4.78 is 0. The zero-order valence-electron chi connectivity index (χ0n) is 11.1. The Morgan fingerprint density at radius 1 is 1.35 bits per heavy atom. The smallest absolute Gasteiger partial charge is 0.240 e. The number of fused-ring (bicyclic) bond motifs is 1. The van der Waals surface area contributed by atoms with E-state index in [2.05, 4.69) is 15.8 Å². The van der Waals surface area contributed by atoms with Gasteiger partial charge in [-0.25, -0.2) is 5.43 Å². The highest BCUT2D eigenvalue weighted by molar-refractivity contribution is 6.09. The van der Waals surface area contributed by atoms with Crippen LogP contribution in [-0.2, 0) is 15.0 Å². The first kappa shape index (κ1) is 12.8. The first-order chi connectivity index (χ1) is 9.54. The second-order valence-electron chi connectivity index (χ2n) is 5.30. The van der Waals surface area contributed by atoms with Crippen LogP contribution in [0.2, 0.25) is 0 Å². The predicted octanol–water partition coefficient (Wildman–Crippen LogP) is 0.503. The van der Waals surface area contributed by atoms with Crippen LogP contribution >= 0.6 is 0 Å². The molecule has 0 aliphatic carbocycles. The van der Waals surface area contributed by atoms with E-state index in [1.54, 1.807) is 6.92 Å². The van der Waals surface area contributed by atoms with Gasteiger partial charge in [-0.1, -0.05) is 6.07 Å². The fourth-order valence-corrected chi connectivity index (χ4v) is 2.51. The summed E-state index contributed by atoms with van der Waals surface area (Å²) in [6.07, 6.45) is 0.978. The van der Waals surface area contributed by atoms with Crippen molar-refractivity contribution >= 4 is 23.2 Å². The molecule has 2 aliphatic heterocycles. The SMILES string of the molecule is CC1(CO)C(=O)Nc2ccc(C3=NNC(=O)CC3)cc21. The monoisotopic (exact) mass is 273 g/mol. The number of amides is 2. The minimum atomic E-state index is -0.927. The Bertz CT molecular complexity index is 639. The molecule has 1 unspecified atom stereocenters. The van der Waals surface area contributed by atoms with Crippen molar-refractivity contribution in [1.82, 2.24) is 5.43 Å². The van der Waals surface area contributed by atoms with Crippen LogP contribution in [0.25, 0.3) is 0 Å². The lowest BCUT2D eigenvalue weighted by Crippen LogP contribution is -2.34. The van der Waals surface area contributed by atoms with Crippen LogP contribution in [0, 0.1) is 0 Å². The molecule has 2 heterocycles. The molecule has 0 saturated heterocycles. The molecule has 0 fully saturated rings. The van der Waals surface area contributed by atoms with E-state index < -0.39 is 5.41 Å². The van der Waals surface area contributed by atoms with Gasteiger partial charge in [-0.15, -0.1) is 0 Å². The lowest BCUT2D eigenvalue weighted by molar-refractivity contribution is -0.122. The minimum Gasteiger partial charge on any atom is -0.395 e. The number of aliphatic hydroxyl groups excluding tert-OH is 1. The molecule has 6 nitrogen and oxygen atoms in total. The summed E-state index contributed by atoms with van der Waals surface area (Å²) in [7, 11) is 0. The van der Waals surface area contributed by atoms with Crippen LogP contribution in [0.5, 0.6) is 0 Å². The minimum absolute atomic E-state index is 0.0908. The molecule has 0 spiro atoms. The maximum atomic E-state index is 12.0. The summed E-state index contributed by atoms with van der Waals surface area (Å²) in [5, 5.41) is 16.3. The Morgan fingerprint density at radius 3 is 2.80 bits per heavy atom. The maximum absolute atomic E-state index is 12.0. The summed E-state index contributed by atoms with van der Waals surface area (Å²) in [6.45, 7) is 1.46. The van der Waals surface area contributed by atoms with Gasteiger partial charge < -0.3 is 10.4 Å². The molecular formula is C14H15N3O3. The van der Waals surface area contributed by atoms with Crippen molar-refractivity contribution in [2.24, 2.45) is 5.10 Å². The second-order valence-corrected chi connectivity index (χ2v) is 5.30. The number of hydrogen-bond donors (Lipinski definition) is 3. The molecule has 1 aromatic rings. The van der Waals surface area contributed by atoms with Crippen molar-refractivity contribution in [3.05, 3.63) is 29.3 Å². The fraction of sp³-hybridized carbons (Fsp3) is 0.357. The van der Waals surface area contributed by atoms with Gasteiger partial charge in [0.2, 0.25) is 11.8 Å². The van der Waals surface area contributed by atoms with Crippen LogP contribution in [-0.4, -0.2) is 29.2 Å². The first-order valence-electron chi connectivity index (χ1n) is 6.47. The van der Waals surface area contributed by atoms with E-state index in [9.17, 15) is 14.7 Å². The summed E-state index contributed by atoms with van der Waals surface area (Å²) in [4.78, 5) is 23.1. The van der Waals surface area contributed by atoms with Gasteiger partial charge in [-0.2, -0.15) is 5.10 Å². The Labute approximate surface area is 115 Å². The van der Waals surface area contributed by atoms with Crippen LogP contribution in [0.4, 0.5) is 5.69 Å². The van der Waals surface area contributed by atoms with Crippen LogP contribution in [0.3, 0.4) is 0 Å². The third-order valence-electron chi connectivity index (χ3n) is 3.92. The van der Waals surface area contributed by atoms with E-state index >= 15 is 0 Å². The normalized spacial score (nSPS) is 24.8. The zero-order chi connectivity index (χ0) is 14.3. The maximum Gasteiger partial charge on any atom is 0.240 e. The van der Waals surface area contributed by atoms with Crippen LogP contribution in [0.15, 0.2) is 23.3 Å². The molecule has 1 atom stereocenters. The van der Waals surface area contributed by atoms with Crippen LogP contribution in [0.1, 0.15) is 30.9 Å². The number of carbonyl (C=O) groups excluding carboxylic acids is 2. The number of nitrogens with one attached hydrogen (secondary N) is 2. The van der Waals surface area contributed by atoms with Crippen LogP contribution < -0.4 is 10.7 Å². The molecule has 20 heavy (non-hydrogen) atoms. The Kier molecular flexibility index (Phi) is 2.83. The van der Waals surface area contributed by atoms with Gasteiger partial charge in [0.25, 0.3) is 0 Å². The molecule has 2 aliphatic rings. The van der Waals surface area contributed by atoms with Crippen molar-refractivity contribution in [2.45, 2.75) is 25.2 Å². The summed E-state index contributed by atoms with van der Waals surface area (Å²) in [6, 6.07) is 5.53. The fourth-order valence-electron chi connectivity index (χ4n) is 2.51. The third kappa shape index (κ3) is 1.80. The lowest BCUT2D eigenvalue weighted by atomic mass is 9.83. The predicted molar refractivity (Wildman–Crippen MR) is 73.4 cm³/mol. The molecule has 3 rings (SSSR count). The second kappa shape index (κ2) is 4.42. The molecular weight excluding hydrogens is 258 g/mol. The molecule has 3 N–H and O–H groups in total. The number of hydrogen-bond acceptors (Lipinski definition) is 4. The zero-order valence-corrected chi connectivity index (χ0v) is 11.1. The van der Waals surface area contributed by atoms with E-state index in [0.717, 1.165) is 22.5 Å². The average molecular weight is 273 g/mol. The molecule has 0 radical (unpaired) electrons. The van der Waals surface area contributed by atoms with Gasteiger partial charge in [0, 0.05) is 18.5 Å². The quantitative estimate of drug-likeness (QED) is 0.733. The largest absolute Gasteiger partial charge is 0.395 e. The summed E-state index contributed by atoms with van der Waals surface area (Å²) >= 11 is 0. The molecule has 1 aromatic carbocycles. The molecule has 6 heteroatoms. The highest BCUT2D eigenvalue weighted by Gasteiger charge is 2.42. The number of benzene rings is 1. The topological polar surface area (TPSA) is 90.8 Å². The standard InChI is InChI=1S/C14H15N3O3/c1-14(7-18)9-6-8(2-3-11(9)15-13(14)20)10-4-5-12(19)17-16-10/h2-3,6,18H,4-5,7H2,1H3,(H,15,20)(H,17,19). The highest BCUT2D eigenvalue weighted by Crippen LogP contribution is 2.38. The van der Waals surface area contributed by atoms with Gasteiger partial charge in [-0.05, 0) is 30.2 Å². The lowest BCUT2D eigenvalue weighted by Gasteiger charge is -2.20. The molecule has 0 bridgehead atoms. The van der Waals surface area contributed by atoms with Crippen molar-refractivity contribution < 1.29 is 14.7 Å². The van der Waals surface area contributed by atoms with Gasteiger partial charge >= 0.3 is 0 Å². The van der Waals surface area contributed by atoms with E-state index in [1.807, 2.05) is 18.2 Å². The van der Waals surface area contributed by atoms with Crippen molar-refractivity contribution in [3.8, 4) is 0 Å². The Morgan fingerprint density at radius 2 is 2.15 bits per heavy atom. The Balaban J connectivity index is 2.02. The first-order valence-corrected chi connectivity index (χ1v) is 6.47. The van der Waals surface area contributed by atoms with E-state index in [1.165, 1.54) is 0 Å². The summed E-state index contributed by atoms with van der Waals surface area (Å²) in [5.41, 5.74) is 4.66. The third-order valence-corrected chi connectivity index (χ3v) is 3.92. The number of hydrazone groups is 1.